The lowest BCUT2D eigenvalue weighted by Crippen LogP contribution is -2.24. The smallest absolute Gasteiger partial charge is 0.236 e. The van der Waals surface area contributed by atoms with Gasteiger partial charge in [0.15, 0.2) is 10.9 Å². The molecule has 1 aromatic rings. The largest absolute Gasteiger partial charge is 0.297 e. The molecular weight excluding hydrogens is 200 g/mol. The highest BCUT2D eigenvalue weighted by molar-refractivity contribution is 7.15. The van der Waals surface area contributed by atoms with Crippen LogP contribution in [0.2, 0.25) is 0 Å². The molecule has 2 rings (SSSR count). The summed E-state index contributed by atoms with van der Waals surface area (Å²) in [5, 5.41) is 0.649. The molecule has 1 aromatic heterocycles. The summed E-state index contributed by atoms with van der Waals surface area (Å²) in [7, 11) is 0. The molecule has 0 saturated carbocycles. The first-order valence-corrected chi connectivity index (χ1v) is 5.15. The zero-order valence-corrected chi connectivity index (χ0v) is 8.85. The molecule has 0 spiro atoms. The molecule has 1 aliphatic heterocycles. The number of hydrogen-bond donors (Lipinski definition) is 0. The van der Waals surface area contributed by atoms with Crippen molar-refractivity contribution in [2.45, 2.75) is 20.3 Å². The van der Waals surface area contributed by atoms with E-state index >= 15 is 0 Å². The Hall–Kier alpha value is -1.23. The molecule has 74 valence electrons. The predicted octanol–water partition coefficient (Wildman–Crippen LogP) is 1.07. The van der Waals surface area contributed by atoms with Crippen LogP contribution in [-0.4, -0.2) is 23.2 Å². The van der Waals surface area contributed by atoms with Gasteiger partial charge in [0.2, 0.25) is 5.91 Å². The average Bonchev–Trinajstić information content (AvgIpc) is 2.57. The van der Waals surface area contributed by atoms with Crippen LogP contribution in [0.25, 0.3) is 0 Å². The number of Topliss-reactive ketones (excluding diaryl/α,β-unsaturated/α-hetero) is 1. The van der Waals surface area contributed by atoms with E-state index in [1.54, 1.807) is 0 Å². The molecule has 4 nitrogen and oxygen atoms in total. The standard InChI is InChI=1S/C9H10N2O2S/c1-5-6(2)14-9(10-5)11-4-7(12)3-8(11)13/h3-4H2,1-2H3. The van der Waals surface area contributed by atoms with Crippen molar-refractivity contribution in [2.75, 3.05) is 11.4 Å². The summed E-state index contributed by atoms with van der Waals surface area (Å²) in [5.41, 5.74) is 0.928. The molecule has 1 aliphatic rings. The molecule has 14 heavy (non-hydrogen) atoms. The summed E-state index contributed by atoms with van der Waals surface area (Å²) in [5.74, 6) is -0.163. The van der Waals surface area contributed by atoms with Gasteiger partial charge in [-0.3, -0.25) is 14.5 Å². The van der Waals surface area contributed by atoms with E-state index in [1.165, 1.54) is 16.2 Å². The van der Waals surface area contributed by atoms with Crippen molar-refractivity contribution in [3.63, 3.8) is 0 Å². The molecule has 5 heteroatoms. The normalized spacial score (nSPS) is 16.9. The molecular formula is C9H10N2O2S. The van der Waals surface area contributed by atoms with Crippen LogP contribution in [0, 0.1) is 13.8 Å². The first-order valence-electron chi connectivity index (χ1n) is 4.34. The highest BCUT2D eigenvalue weighted by Crippen LogP contribution is 2.27. The van der Waals surface area contributed by atoms with E-state index in [0.717, 1.165) is 10.6 Å². The van der Waals surface area contributed by atoms with Crippen molar-refractivity contribution in [3.8, 4) is 0 Å². The summed E-state index contributed by atoms with van der Waals surface area (Å²) in [6.45, 7) is 4.04. The second-order valence-corrected chi connectivity index (χ2v) is 4.52. The summed E-state index contributed by atoms with van der Waals surface area (Å²) >= 11 is 1.46. The maximum atomic E-state index is 11.4. The molecule has 0 aliphatic carbocycles. The van der Waals surface area contributed by atoms with Gasteiger partial charge in [0.25, 0.3) is 0 Å². The Morgan fingerprint density at radius 1 is 1.36 bits per heavy atom. The second kappa shape index (κ2) is 3.16. The van der Waals surface area contributed by atoms with Crippen LogP contribution in [0.15, 0.2) is 0 Å². The summed E-state index contributed by atoms with van der Waals surface area (Å²) < 4.78 is 0. The van der Waals surface area contributed by atoms with Gasteiger partial charge in [-0.25, -0.2) is 4.98 Å². The van der Waals surface area contributed by atoms with Crippen molar-refractivity contribution >= 4 is 28.2 Å². The first kappa shape index (κ1) is 9.33. The lowest BCUT2D eigenvalue weighted by Gasteiger charge is -2.08. The summed E-state index contributed by atoms with van der Waals surface area (Å²) in [6, 6.07) is 0. The maximum absolute atomic E-state index is 11.4. The Morgan fingerprint density at radius 3 is 2.50 bits per heavy atom. The van der Waals surface area contributed by atoms with Crippen molar-refractivity contribution in [1.29, 1.82) is 0 Å². The summed E-state index contributed by atoms with van der Waals surface area (Å²) in [6.07, 6.45) is 0.0255. The van der Waals surface area contributed by atoms with E-state index in [9.17, 15) is 9.59 Å². The fraction of sp³-hybridized carbons (Fsp3) is 0.444. The Labute approximate surface area is 85.6 Å². The number of rotatable bonds is 1. The quantitative estimate of drug-likeness (QED) is 0.651. The Kier molecular flexibility index (Phi) is 2.11. The molecule has 2 heterocycles. The maximum Gasteiger partial charge on any atom is 0.236 e. The molecule has 0 unspecified atom stereocenters. The van der Waals surface area contributed by atoms with Crippen molar-refractivity contribution in [3.05, 3.63) is 10.6 Å². The molecule has 0 atom stereocenters. The second-order valence-electron chi connectivity index (χ2n) is 3.33. The number of aryl methyl sites for hydroxylation is 2. The Balaban J connectivity index is 2.31. The number of nitrogens with zero attached hydrogens (tertiary/aromatic N) is 2. The van der Waals surface area contributed by atoms with Crippen LogP contribution in [-0.2, 0) is 9.59 Å². The number of hydrogen-bond acceptors (Lipinski definition) is 4. The number of aromatic nitrogens is 1. The van der Waals surface area contributed by atoms with E-state index in [4.69, 9.17) is 0 Å². The van der Waals surface area contributed by atoms with E-state index in [2.05, 4.69) is 4.98 Å². The lowest BCUT2D eigenvalue weighted by atomic mass is 10.3. The number of amides is 1. The van der Waals surface area contributed by atoms with Gasteiger partial charge in [0.05, 0.1) is 18.7 Å². The molecule has 0 N–H and O–H groups in total. The van der Waals surface area contributed by atoms with Crippen LogP contribution in [0.4, 0.5) is 5.13 Å². The van der Waals surface area contributed by atoms with Gasteiger partial charge < -0.3 is 0 Å². The number of ketones is 1. The molecule has 1 amide bonds. The van der Waals surface area contributed by atoms with E-state index in [1.807, 2.05) is 13.8 Å². The van der Waals surface area contributed by atoms with Crippen LogP contribution in [0.5, 0.6) is 0 Å². The third kappa shape index (κ3) is 1.43. The molecule has 0 bridgehead atoms. The van der Waals surface area contributed by atoms with Crippen molar-refractivity contribution in [1.82, 2.24) is 4.98 Å². The highest BCUT2D eigenvalue weighted by atomic mass is 32.1. The van der Waals surface area contributed by atoms with Crippen LogP contribution >= 0.6 is 11.3 Å². The number of anilines is 1. The van der Waals surface area contributed by atoms with Gasteiger partial charge in [-0.15, -0.1) is 11.3 Å². The first-order chi connectivity index (χ1) is 6.58. The van der Waals surface area contributed by atoms with Crippen molar-refractivity contribution < 1.29 is 9.59 Å². The monoisotopic (exact) mass is 210 g/mol. The molecule has 0 radical (unpaired) electrons. The van der Waals surface area contributed by atoms with Gasteiger partial charge >= 0.3 is 0 Å². The van der Waals surface area contributed by atoms with Crippen LogP contribution < -0.4 is 4.90 Å². The minimum atomic E-state index is -0.135. The van der Waals surface area contributed by atoms with E-state index < -0.39 is 0 Å². The van der Waals surface area contributed by atoms with Crippen LogP contribution in [0.1, 0.15) is 17.0 Å². The third-order valence-electron chi connectivity index (χ3n) is 2.23. The number of carbonyl (C=O) groups excluding carboxylic acids is 2. The average molecular weight is 210 g/mol. The fourth-order valence-corrected chi connectivity index (χ4v) is 2.26. The fourth-order valence-electron chi connectivity index (χ4n) is 1.33. The predicted molar refractivity (Wildman–Crippen MR) is 53.6 cm³/mol. The molecule has 1 saturated heterocycles. The topological polar surface area (TPSA) is 50.3 Å². The van der Waals surface area contributed by atoms with Gasteiger partial charge in [-0.05, 0) is 13.8 Å². The minimum Gasteiger partial charge on any atom is -0.297 e. The Bertz CT molecular complexity index is 391. The molecule has 1 fully saturated rings. The van der Waals surface area contributed by atoms with Crippen molar-refractivity contribution in [2.24, 2.45) is 0 Å². The van der Waals surface area contributed by atoms with Crippen LogP contribution in [0.3, 0.4) is 0 Å². The minimum absolute atomic E-state index is 0.0255. The molecule has 0 aromatic carbocycles. The summed E-state index contributed by atoms with van der Waals surface area (Å²) in [4.78, 5) is 29.2. The number of thiazole rings is 1. The zero-order chi connectivity index (χ0) is 10.3. The van der Waals surface area contributed by atoms with Gasteiger partial charge in [-0.1, -0.05) is 0 Å². The van der Waals surface area contributed by atoms with E-state index in [-0.39, 0.29) is 24.7 Å². The number of carbonyl (C=O) groups is 2. The van der Waals surface area contributed by atoms with Gasteiger partial charge in [-0.2, -0.15) is 0 Å². The Morgan fingerprint density at radius 2 is 2.07 bits per heavy atom. The van der Waals surface area contributed by atoms with Gasteiger partial charge in [0.1, 0.15) is 0 Å². The van der Waals surface area contributed by atoms with Gasteiger partial charge in [0, 0.05) is 4.88 Å². The highest BCUT2D eigenvalue weighted by Gasteiger charge is 2.30. The SMILES string of the molecule is Cc1nc(N2CC(=O)CC2=O)sc1C. The zero-order valence-electron chi connectivity index (χ0n) is 8.03. The lowest BCUT2D eigenvalue weighted by molar-refractivity contribution is -0.121. The van der Waals surface area contributed by atoms with E-state index in [0.29, 0.717) is 5.13 Å². The third-order valence-corrected chi connectivity index (χ3v) is 3.33.